The lowest BCUT2D eigenvalue weighted by atomic mass is 9.99. The zero-order valence-corrected chi connectivity index (χ0v) is 21.4. The van der Waals surface area contributed by atoms with Crippen LogP contribution in [-0.4, -0.2) is 65.0 Å². The van der Waals surface area contributed by atoms with Gasteiger partial charge in [0.05, 0.1) is 6.04 Å². The molecule has 2 heterocycles. The smallest absolute Gasteiger partial charge is 0.318 e. The quantitative estimate of drug-likeness (QED) is 0.538. The summed E-state index contributed by atoms with van der Waals surface area (Å²) in [6.45, 7) is 2.72. The highest BCUT2D eigenvalue weighted by molar-refractivity contribution is 5.99. The number of rotatable bonds is 8. The highest BCUT2D eigenvalue weighted by Gasteiger charge is 2.36. The number of nitrogens with two attached hydrogens (primary N) is 1. The molecule has 2 aliphatic carbocycles. The first-order valence-corrected chi connectivity index (χ1v) is 13.7. The Kier molecular flexibility index (Phi) is 6.93. The number of carbonyl (C=O) groups excluding carboxylic acids is 1. The van der Waals surface area contributed by atoms with Crippen LogP contribution in [-0.2, 0) is 0 Å². The molecule has 3 fully saturated rings. The van der Waals surface area contributed by atoms with Crippen molar-refractivity contribution in [3.05, 3.63) is 71.8 Å². The molecule has 0 bridgehead atoms. The molecule has 3 N–H and O–H groups in total. The molecule has 1 atom stereocenters. The molecule has 2 amide bonds. The summed E-state index contributed by atoms with van der Waals surface area (Å²) in [7, 11) is 0. The van der Waals surface area contributed by atoms with Crippen molar-refractivity contribution in [1.29, 1.82) is 0 Å². The van der Waals surface area contributed by atoms with E-state index in [0.717, 1.165) is 54.6 Å². The van der Waals surface area contributed by atoms with E-state index in [9.17, 15) is 4.79 Å². The minimum Gasteiger partial charge on any atom is -0.327 e. The van der Waals surface area contributed by atoms with Crippen LogP contribution in [0, 0.1) is 11.8 Å². The van der Waals surface area contributed by atoms with Crippen molar-refractivity contribution in [3.63, 3.8) is 0 Å². The predicted molar refractivity (Wildman–Crippen MR) is 146 cm³/mol. The van der Waals surface area contributed by atoms with E-state index >= 15 is 0 Å². The van der Waals surface area contributed by atoms with Crippen LogP contribution in [0.5, 0.6) is 0 Å². The van der Waals surface area contributed by atoms with Gasteiger partial charge in [-0.15, -0.1) is 0 Å². The second kappa shape index (κ2) is 10.6. The molecule has 0 aromatic heterocycles. The molecule has 6 rings (SSSR count). The lowest BCUT2D eigenvalue weighted by molar-refractivity contribution is 0.0510. The highest BCUT2D eigenvalue weighted by atomic mass is 16.2. The molecular weight excluding hydrogens is 462 g/mol. The lowest BCUT2D eigenvalue weighted by Gasteiger charge is -2.42. The van der Waals surface area contributed by atoms with E-state index < -0.39 is 0 Å². The number of benzene rings is 2. The van der Waals surface area contributed by atoms with Crippen LogP contribution < -0.4 is 11.2 Å². The molecule has 194 valence electrons. The molecule has 2 aliphatic heterocycles. The van der Waals surface area contributed by atoms with E-state index in [0.29, 0.717) is 19.0 Å². The van der Waals surface area contributed by atoms with E-state index in [4.69, 9.17) is 15.8 Å². The highest BCUT2D eigenvalue weighted by Crippen LogP contribution is 2.36. The molecular formula is C29H37N7O. The van der Waals surface area contributed by atoms with Crippen LogP contribution in [0.4, 0.5) is 4.79 Å². The van der Waals surface area contributed by atoms with E-state index in [1.807, 2.05) is 41.3 Å². The number of amidine groups is 2. The summed E-state index contributed by atoms with van der Waals surface area (Å²) in [6, 6.07) is 20.1. The molecule has 2 aromatic rings. The normalized spacial score (nSPS) is 22.6. The summed E-state index contributed by atoms with van der Waals surface area (Å²) in [6.07, 6.45) is 6.78. The molecule has 1 unspecified atom stereocenters. The molecule has 2 saturated carbocycles. The summed E-state index contributed by atoms with van der Waals surface area (Å²) >= 11 is 0. The Morgan fingerprint density at radius 3 is 2.00 bits per heavy atom. The molecule has 2 aromatic carbocycles. The van der Waals surface area contributed by atoms with Gasteiger partial charge in [0.15, 0.2) is 6.29 Å². The Balaban J connectivity index is 1.11. The van der Waals surface area contributed by atoms with Gasteiger partial charge in [0.1, 0.15) is 11.7 Å². The third-order valence-corrected chi connectivity index (χ3v) is 7.87. The van der Waals surface area contributed by atoms with Gasteiger partial charge in [0, 0.05) is 39.0 Å². The van der Waals surface area contributed by atoms with Crippen molar-refractivity contribution in [2.75, 3.05) is 26.2 Å². The van der Waals surface area contributed by atoms with Crippen LogP contribution in [0.25, 0.3) is 0 Å². The van der Waals surface area contributed by atoms with Crippen LogP contribution in [0.3, 0.4) is 0 Å². The van der Waals surface area contributed by atoms with Crippen molar-refractivity contribution < 1.29 is 4.79 Å². The monoisotopic (exact) mass is 499 g/mol. The Morgan fingerprint density at radius 2 is 1.43 bits per heavy atom. The molecule has 0 spiro atoms. The number of nitrogens with zero attached hydrogens (tertiary/aromatic N) is 5. The van der Waals surface area contributed by atoms with Gasteiger partial charge >= 0.3 is 6.03 Å². The number of nitrogens with one attached hydrogen (secondary N) is 1. The SMILES string of the molecule is NN1C(CC2CC2)=NC(CC2CC2)=NC1N1CCN(C(=O)NC(c2ccccc2)c2ccccc2)CC1. The summed E-state index contributed by atoms with van der Waals surface area (Å²) < 4.78 is 0. The van der Waals surface area contributed by atoms with Crippen molar-refractivity contribution in [2.45, 2.75) is 50.9 Å². The number of urea groups is 1. The van der Waals surface area contributed by atoms with Gasteiger partial charge in [-0.05, 0) is 48.6 Å². The first kappa shape index (κ1) is 24.1. The van der Waals surface area contributed by atoms with Crippen LogP contribution in [0.1, 0.15) is 55.7 Å². The first-order chi connectivity index (χ1) is 18.1. The minimum atomic E-state index is -0.230. The first-order valence-electron chi connectivity index (χ1n) is 13.7. The number of amides is 2. The van der Waals surface area contributed by atoms with Crippen LogP contribution in [0.15, 0.2) is 70.6 Å². The van der Waals surface area contributed by atoms with Crippen molar-refractivity contribution in [2.24, 2.45) is 27.7 Å². The fourth-order valence-electron chi connectivity index (χ4n) is 5.25. The number of carbonyl (C=O) groups is 1. The Morgan fingerprint density at radius 1 is 0.865 bits per heavy atom. The maximum Gasteiger partial charge on any atom is 0.318 e. The maximum atomic E-state index is 13.4. The van der Waals surface area contributed by atoms with Crippen LogP contribution >= 0.6 is 0 Å². The van der Waals surface area contributed by atoms with Gasteiger partial charge in [-0.2, -0.15) is 0 Å². The molecule has 1 saturated heterocycles. The van der Waals surface area contributed by atoms with Gasteiger partial charge < -0.3 is 10.2 Å². The number of piperazine rings is 1. The Bertz CT molecular complexity index is 1100. The predicted octanol–water partition coefficient (Wildman–Crippen LogP) is 3.97. The fourth-order valence-corrected chi connectivity index (χ4v) is 5.25. The lowest BCUT2D eigenvalue weighted by Crippen LogP contribution is -2.61. The topological polar surface area (TPSA) is 89.6 Å². The summed E-state index contributed by atoms with van der Waals surface area (Å²) in [5.41, 5.74) is 2.14. The molecule has 8 heteroatoms. The maximum absolute atomic E-state index is 13.4. The van der Waals surface area contributed by atoms with E-state index in [1.54, 1.807) is 5.01 Å². The van der Waals surface area contributed by atoms with Gasteiger partial charge in [-0.25, -0.2) is 20.6 Å². The fraction of sp³-hybridized carbons (Fsp3) is 0.483. The molecule has 4 aliphatic rings. The summed E-state index contributed by atoms with van der Waals surface area (Å²) in [4.78, 5) is 27.4. The zero-order chi connectivity index (χ0) is 25.2. The summed E-state index contributed by atoms with van der Waals surface area (Å²) in [5, 5.41) is 5.06. The van der Waals surface area contributed by atoms with Gasteiger partial charge in [-0.3, -0.25) is 9.91 Å². The summed E-state index contributed by atoms with van der Waals surface area (Å²) in [5.74, 6) is 9.97. The van der Waals surface area contributed by atoms with Crippen molar-refractivity contribution >= 4 is 17.7 Å². The van der Waals surface area contributed by atoms with Gasteiger partial charge in [0.2, 0.25) is 0 Å². The molecule has 8 nitrogen and oxygen atoms in total. The largest absolute Gasteiger partial charge is 0.327 e. The number of hydrogen-bond acceptors (Lipinski definition) is 6. The number of hydrazine groups is 1. The van der Waals surface area contributed by atoms with Crippen molar-refractivity contribution in [3.8, 4) is 0 Å². The zero-order valence-electron chi connectivity index (χ0n) is 21.4. The van der Waals surface area contributed by atoms with Gasteiger partial charge in [0.25, 0.3) is 0 Å². The average Bonchev–Trinajstić information content (AvgIpc) is 3.88. The standard InChI is InChI=1S/C29H37N7O/c30-36-26(20-22-13-14-22)31-25(19-21-11-12-21)32-28(36)34-15-17-35(18-16-34)29(37)33-27(23-7-3-1-4-8-23)24-9-5-2-6-10-24/h1-10,21-22,27-28H,11-20,30H2,(H,33,37). The van der Waals surface area contributed by atoms with Crippen LogP contribution in [0.2, 0.25) is 0 Å². The van der Waals surface area contributed by atoms with Gasteiger partial charge in [-0.1, -0.05) is 60.7 Å². The van der Waals surface area contributed by atoms with Crippen molar-refractivity contribution in [1.82, 2.24) is 20.1 Å². The second-order valence-electron chi connectivity index (χ2n) is 10.8. The Labute approximate surface area is 219 Å². The van der Waals surface area contributed by atoms with E-state index in [1.165, 1.54) is 25.7 Å². The van der Waals surface area contributed by atoms with E-state index in [2.05, 4.69) is 34.5 Å². The second-order valence-corrected chi connectivity index (χ2v) is 10.8. The Hall–Kier alpha value is -3.23. The molecule has 37 heavy (non-hydrogen) atoms. The van der Waals surface area contributed by atoms with E-state index in [-0.39, 0.29) is 18.4 Å². The minimum absolute atomic E-state index is 0.0421. The average molecular weight is 500 g/mol. The molecule has 0 radical (unpaired) electrons. The number of aliphatic imine (C=N–C) groups is 2. The number of hydrogen-bond donors (Lipinski definition) is 2. The third kappa shape index (κ3) is 5.86. The third-order valence-electron chi connectivity index (χ3n) is 7.87.